The summed E-state index contributed by atoms with van der Waals surface area (Å²) in [4.78, 5) is 40.6. The lowest BCUT2D eigenvalue weighted by Gasteiger charge is -2.57. The Kier molecular flexibility index (Phi) is 7.00. The van der Waals surface area contributed by atoms with Crippen molar-refractivity contribution in [2.45, 2.75) is 57.5 Å². The molecule has 4 bridgehead atoms. The summed E-state index contributed by atoms with van der Waals surface area (Å²) in [6.07, 6.45) is 9.27. The average Bonchev–Trinajstić information content (AvgIpc) is 3.51. The Morgan fingerprint density at radius 2 is 1.57 bits per heavy atom. The minimum atomic E-state index is -0.753. The Balaban J connectivity index is 1.01. The van der Waals surface area contributed by atoms with Crippen LogP contribution in [0.1, 0.15) is 62.1 Å². The standard InChI is InChI=1S/C37H36N2O7/c1-2-43-32-15-22(3-9-30(32)44-20-23-4-10-31-33(16-23)46-21-45-31)14-29-34(40)38-36(42)39(35(29)41)28-7-5-27(6-8-28)37-17-24-11-25(18-37)13-26(12-24)19-37/h3-10,14-16,24-26H,2,11-13,17-21H2,1H3,(H,38,40,42)/b29-14+. The number of amides is 4. The van der Waals surface area contributed by atoms with Gasteiger partial charge >= 0.3 is 6.03 Å². The molecule has 46 heavy (non-hydrogen) atoms. The topological polar surface area (TPSA) is 103 Å². The fourth-order valence-electron chi connectivity index (χ4n) is 8.68. The Morgan fingerprint density at radius 1 is 0.848 bits per heavy atom. The van der Waals surface area contributed by atoms with Crippen LogP contribution in [0.3, 0.4) is 0 Å². The molecule has 9 rings (SSSR count). The van der Waals surface area contributed by atoms with E-state index >= 15 is 0 Å². The molecule has 0 spiro atoms. The maximum Gasteiger partial charge on any atom is 0.335 e. The van der Waals surface area contributed by atoms with Gasteiger partial charge in [0.25, 0.3) is 11.8 Å². The summed E-state index contributed by atoms with van der Waals surface area (Å²) >= 11 is 0. The highest BCUT2D eigenvalue weighted by molar-refractivity contribution is 6.39. The molecule has 5 fully saturated rings. The Morgan fingerprint density at radius 3 is 2.28 bits per heavy atom. The first-order valence-corrected chi connectivity index (χ1v) is 16.2. The lowest BCUT2D eigenvalue weighted by Crippen LogP contribution is -2.54. The molecule has 0 atom stereocenters. The van der Waals surface area contributed by atoms with Crippen LogP contribution < -0.4 is 29.2 Å². The van der Waals surface area contributed by atoms with Crippen LogP contribution in [0.15, 0.2) is 66.2 Å². The Labute approximate surface area is 267 Å². The van der Waals surface area contributed by atoms with Crippen molar-refractivity contribution < 1.29 is 33.3 Å². The number of fused-ring (bicyclic) bond motifs is 1. The van der Waals surface area contributed by atoms with Gasteiger partial charge in [-0.2, -0.15) is 0 Å². The minimum Gasteiger partial charge on any atom is -0.490 e. The predicted octanol–water partition coefficient (Wildman–Crippen LogP) is 6.53. The lowest BCUT2D eigenvalue weighted by molar-refractivity contribution is -0.122. The van der Waals surface area contributed by atoms with E-state index in [1.165, 1.54) is 50.2 Å². The first-order chi connectivity index (χ1) is 22.4. The van der Waals surface area contributed by atoms with Gasteiger partial charge in [0.05, 0.1) is 12.3 Å². The van der Waals surface area contributed by atoms with Gasteiger partial charge in [0, 0.05) is 0 Å². The van der Waals surface area contributed by atoms with Gasteiger partial charge in [-0.1, -0.05) is 24.3 Å². The molecule has 236 valence electrons. The van der Waals surface area contributed by atoms with Crippen molar-refractivity contribution in [3.63, 3.8) is 0 Å². The summed E-state index contributed by atoms with van der Waals surface area (Å²) in [5.74, 6) is 3.40. The van der Waals surface area contributed by atoms with Crippen molar-refractivity contribution in [2.24, 2.45) is 17.8 Å². The van der Waals surface area contributed by atoms with Crippen molar-refractivity contribution in [1.82, 2.24) is 5.32 Å². The SMILES string of the molecule is CCOc1cc(/C=C2\C(=O)NC(=O)N(c3ccc(C45CC6CC(CC(C6)C4)C5)cc3)C2=O)ccc1OCc1ccc2c(c1)OCO2. The first-order valence-electron chi connectivity index (χ1n) is 16.2. The third-order valence-electron chi connectivity index (χ3n) is 10.3. The number of carbonyl (C=O) groups excluding carboxylic acids is 3. The van der Waals surface area contributed by atoms with Crippen LogP contribution in [0.5, 0.6) is 23.0 Å². The molecule has 1 N–H and O–H groups in total. The molecule has 2 aliphatic heterocycles. The molecule has 4 saturated carbocycles. The van der Waals surface area contributed by atoms with Crippen LogP contribution in [-0.2, 0) is 21.6 Å². The van der Waals surface area contributed by atoms with Gasteiger partial charge in [0.2, 0.25) is 6.79 Å². The van der Waals surface area contributed by atoms with E-state index in [1.807, 2.05) is 37.3 Å². The molecule has 1 saturated heterocycles. The smallest absolute Gasteiger partial charge is 0.335 e. The van der Waals surface area contributed by atoms with Crippen LogP contribution in [0.2, 0.25) is 0 Å². The molecule has 2 heterocycles. The third-order valence-corrected chi connectivity index (χ3v) is 10.3. The number of rotatable bonds is 8. The summed E-state index contributed by atoms with van der Waals surface area (Å²) < 4.78 is 22.7. The highest BCUT2D eigenvalue weighted by atomic mass is 16.7. The fourth-order valence-corrected chi connectivity index (χ4v) is 8.68. The third kappa shape index (κ3) is 5.07. The van der Waals surface area contributed by atoms with E-state index in [4.69, 9.17) is 18.9 Å². The highest BCUT2D eigenvalue weighted by Crippen LogP contribution is 2.60. The number of ether oxygens (including phenoxy) is 4. The van der Waals surface area contributed by atoms with Crippen LogP contribution in [0.25, 0.3) is 6.08 Å². The fraction of sp³-hybridized carbons (Fsp3) is 0.378. The van der Waals surface area contributed by atoms with Gasteiger partial charge in [0.15, 0.2) is 23.0 Å². The molecule has 6 aliphatic rings. The molecule has 9 heteroatoms. The average molecular weight is 621 g/mol. The Bertz CT molecular complexity index is 1730. The van der Waals surface area contributed by atoms with Gasteiger partial charge in [-0.15, -0.1) is 0 Å². The van der Waals surface area contributed by atoms with Crippen molar-refractivity contribution >= 4 is 29.6 Å². The molecule has 3 aromatic carbocycles. The van der Waals surface area contributed by atoms with E-state index in [1.54, 1.807) is 18.2 Å². The molecule has 0 radical (unpaired) electrons. The van der Waals surface area contributed by atoms with Crippen LogP contribution in [0, 0.1) is 17.8 Å². The molecule has 0 unspecified atom stereocenters. The number of carbonyl (C=O) groups is 3. The van der Waals surface area contributed by atoms with E-state index in [9.17, 15) is 14.4 Å². The number of nitrogens with one attached hydrogen (secondary N) is 1. The number of benzene rings is 3. The second-order valence-electron chi connectivity index (χ2n) is 13.3. The normalized spacial score (nSPS) is 26.9. The maximum absolute atomic E-state index is 13.7. The molecule has 3 aromatic rings. The molecule has 0 aromatic heterocycles. The van der Waals surface area contributed by atoms with E-state index in [0.29, 0.717) is 40.9 Å². The second-order valence-corrected chi connectivity index (χ2v) is 13.3. The van der Waals surface area contributed by atoms with Gasteiger partial charge in [-0.05, 0) is 128 Å². The van der Waals surface area contributed by atoms with Gasteiger partial charge < -0.3 is 18.9 Å². The van der Waals surface area contributed by atoms with Crippen LogP contribution >= 0.6 is 0 Å². The number of urea groups is 1. The van der Waals surface area contributed by atoms with Crippen LogP contribution in [-0.4, -0.2) is 31.2 Å². The maximum atomic E-state index is 13.7. The summed E-state index contributed by atoms with van der Waals surface area (Å²) in [5, 5.41) is 2.34. The Hall–Kier alpha value is -4.79. The van der Waals surface area contributed by atoms with Gasteiger partial charge in [-0.3, -0.25) is 14.9 Å². The zero-order chi connectivity index (χ0) is 31.4. The number of imide groups is 2. The van der Waals surface area contributed by atoms with E-state index in [2.05, 4.69) is 17.4 Å². The summed E-state index contributed by atoms with van der Waals surface area (Å²) in [7, 11) is 0. The molecule has 9 nitrogen and oxygen atoms in total. The predicted molar refractivity (Wildman–Crippen MR) is 170 cm³/mol. The number of hydrogen-bond acceptors (Lipinski definition) is 7. The first kappa shape index (κ1) is 28.7. The molecular weight excluding hydrogens is 584 g/mol. The molecule has 4 amide bonds. The second kappa shape index (κ2) is 11.2. The zero-order valence-electron chi connectivity index (χ0n) is 25.8. The molecule has 4 aliphatic carbocycles. The van der Waals surface area contributed by atoms with Crippen molar-refractivity contribution in [2.75, 3.05) is 18.3 Å². The quantitative estimate of drug-likeness (QED) is 0.226. The van der Waals surface area contributed by atoms with E-state index < -0.39 is 17.8 Å². The number of hydrogen-bond donors (Lipinski definition) is 1. The van der Waals surface area contributed by atoms with E-state index in [0.717, 1.165) is 28.2 Å². The lowest BCUT2D eigenvalue weighted by atomic mass is 9.48. The largest absolute Gasteiger partial charge is 0.490 e. The monoisotopic (exact) mass is 620 g/mol. The summed E-state index contributed by atoms with van der Waals surface area (Å²) in [6, 6.07) is 17.9. The van der Waals surface area contributed by atoms with E-state index in [-0.39, 0.29) is 24.4 Å². The number of anilines is 1. The van der Waals surface area contributed by atoms with Gasteiger partial charge in [-0.25, -0.2) is 9.69 Å². The minimum absolute atomic E-state index is 0.138. The van der Waals surface area contributed by atoms with Crippen molar-refractivity contribution in [3.8, 4) is 23.0 Å². The summed E-state index contributed by atoms with van der Waals surface area (Å²) in [5.41, 5.74) is 3.28. The molecular formula is C37H36N2O7. The van der Waals surface area contributed by atoms with Crippen LogP contribution in [0.4, 0.5) is 10.5 Å². The number of barbiturate groups is 1. The summed E-state index contributed by atoms with van der Waals surface area (Å²) in [6.45, 7) is 2.73. The van der Waals surface area contributed by atoms with Crippen molar-refractivity contribution in [1.29, 1.82) is 0 Å². The van der Waals surface area contributed by atoms with Crippen molar-refractivity contribution in [3.05, 3.63) is 82.9 Å². The highest BCUT2D eigenvalue weighted by Gasteiger charge is 2.51. The van der Waals surface area contributed by atoms with Gasteiger partial charge in [0.1, 0.15) is 12.2 Å². The number of nitrogens with zero attached hydrogens (tertiary/aromatic N) is 1. The zero-order valence-corrected chi connectivity index (χ0v) is 25.8.